The summed E-state index contributed by atoms with van der Waals surface area (Å²) in [5.41, 5.74) is 2.58. The van der Waals surface area contributed by atoms with Crippen molar-refractivity contribution in [3.8, 4) is 11.5 Å². The van der Waals surface area contributed by atoms with Crippen LogP contribution in [-0.4, -0.2) is 67.2 Å². The summed E-state index contributed by atoms with van der Waals surface area (Å²) in [5, 5.41) is 9.31. The number of rotatable bonds is 10. The Morgan fingerprint density at radius 2 is 1.66 bits per heavy atom. The Kier molecular flexibility index (Phi) is 9.77. The lowest BCUT2D eigenvalue weighted by Crippen LogP contribution is -2.37. The maximum Gasteiger partial charge on any atom is 0.327 e. The summed E-state index contributed by atoms with van der Waals surface area (Å²) in [6.07, 6.45) is 6.32. The van der Waals surface area contributed by atoms with Crippen molar-refractivity contribution in [1.29, 1.82) is 0 Å². The molecule has 5 rings (SSSR count). The Morgan fingerprint density at radius 3 is 2.27 bits per heavy atom. The van der Waals surface area contributed by atoms with E-state index in [0.717, 1.165) is 44.3 Å². The summed E-state index contributed by atoms with van der Waals surface area (Å²) >= 11 is 13.0. The molecule has 44 heavy (non-hydrogen) atoms. The minimum atomic E-state index is -0.474. The normalized spacial score (nSPS) is 15.3. The van der Waals surface area contributed by atoms with Gasteiger partial charge < -0.3 is 30.3 Å². The van der Waals surface area contributed by atoms with Crippen LogP contribution in [0.3, 0.4) is 0 Å². The maximum absolute atomic E-state index is 13.7. The number of nitrogens with one attached hydrogen (secondary N) is 3. The minimum absolute atomic E-state index is 0.0703. The molecule has 2 heterocycles. The summed E-state index contributed by atoms with van der Waals surface area (Å²) in [7, 11) is 5.05. The Hall–Kier alpha value is -4.06. The van der Waals surface area contributed by atoms with Crippen molar-refractivity contribution >= 4 is 63.8 Å². The summed E-state index contributed by atoms with van der Waals surface area (Å²) < 4.78 is 10.7. The second-order valence-electron chi connectivity index (χ2n) is 10.8. The van der Waals surface area contributed by atoms with Gasteiger partial charge in [0, 0.05) is 18.2 Å². The van der Waals surface area contributed by atoms with Crippen LogP contribution >= 0.6 is 23.2 Å². The van der Waals surface area contributed by atoms with E-state index in [1.807, 2.05) is 12.1 Å². The third-order valence-corrected chi connectivity index (χ3v) is 8.53. The molecule has 2 aliphatic rings. The number of piperidine rings is 1. The van der Waals surface area contributed by atoms with E-state index in [0.29, 0.717) is 40.4 Å². The second-order valence-corrected chi connectivity index (χ2v) is 11.5. The number of hydrogen-bond acceptors (Lipinski definition) is 8. The standard InChI is InChI=1S/C31H35Cl2N7O4/c1-5-27(41)37-22-14-19(18-10-12-39(2)13-11-18)6-9-21(22)36-25-16-26(35-17-34-25)40(20-7-8-20)31(42)38-30-28(32)23(43-3)15-24(44-4)29(30)33/h5-6,9,14-18,20H,1,7-8,10-13H2,2-4H3,(H,37,41)(H,38,42)(H,34,35,36). The molecular weight excluding hydrogens is 605 g/mol. The number of carbonyl (C=O) groups excluding carboxylic acids is 2. The van der Waals surface area contributed by atoms with Gasteiger partial charge in [-0.15, -0.1) is 0 Å². The molecule has 1 saturated carbocycles. The third kappa shape index (κ3) is 7.01. The molecule has 232 valence electrons. The summed E-state index contributed by atoms with van der Waals surface area (Å²) in [6.45, 7) is 5.64. The maximum atomic E-state index is 13.7. The predicted octanol–water partition coefficient (Wildman–Crippen LogP) is 6.68. The Balaban J connectivity index is 1.41. The van der Waals surface area contributed by atoms with Crippen molar-refractivity contribution in [2.24, 2.45) is 0 Å². The Bertz CT molecular complexity index is 1530. The van der Waals surface area contributed by atoms with Crippen LogP contribution in [0.1, 0.15) is 37.2 Å². The van der Waals surface area contributed by atoms with Crippen LogP contribution in [0.2, 0.25) is 10.0 Å². The molecule has 11 nitrogen and oxygen atoms in total. The van der Waals surface area contributed by atoms with Crippen LogP contribution in [0.5, 0.6) is 11.5 Å². The number of benzene rings is 2. The first-order valence-corrected chi connectivity index (χ1v) is 15.0. The van der Waals surface area contributed by atoms with E-state index in [1.54, 1.807) is 17.0 Å². The number of anilines is 5. The fourth-order valence-electron chi connectivity index (χ4n) is 5.19. The topological polar surface area (TPSA) is 121 Å². The zero-order valence-electron chi connectivity index (χ0n) is 24.8. The van der Waals surface area contributed by atoms with Crippen LogP contribution < -0.4 is 30.3 Å². The molecule has 0 radical (unpaired) electrons. The lowest BCUT2D eigenvalue weighted by molar-refractivity contribution is -0.111. The molecule has 2 fully saturated rings. The highest BCUT2D eigenvalue weighted by atomic mass is 35.5. The molecule has 0 unspecified atom stereocenters. The molecular formula is C31H35Cl2N7O4. The van der Waals surface area contributed by atoms with Gasteiger partial charge in [0.25, 0.3) is 0 Å². The van der Waals surface area contributed by atoms with Gasteiger partial charge in [0.1, 0.15) is 39.5 Å². The number of methoxy groups -OCH3 is 2. The number of ether oxygens (including phenoxy) is 2. The van der Waals surface area contributed by atoms with Crippen molar-refractivity contribution in [2.45, 2.75) is 37.6 Å². The lowest BCUT2D eigenvalue weighted by atomic mass is 9.89. The van der Waals surface area contributed by atoms with E-state index in [2.05, 4.69) is 50.5 Å². The molecule has 13 heteroatoms. The number of halogens is 2. The number of aromatic nitrogens is 2. The lowest BCUT2D eigenvalue weighted by Gasteiger charge is -2.29. The Morgan fingerprint density at radius 1 is 0.977 bits per heavy atom. The van der Waals surface area contributed by atoms with Gasteiger partial charge in [-0.1, -0.05) is 35.8 Å². The molecule has 1 aliphatic carbocycles. The number of hydrogen-bond donors (Lipinski definition) is 3. The highest BCUT2D eigenvalue weighted by Crippen LogP contribution is 2.45. The van der Waals surface area contributed by atoms with Gasteiger partial charge in [0.15, 0.2) is 0 Å². The van der Waals surface area contributed by atoms with Crippen LogP contribution in [-0.2, 0) is 4.79 Å². The van der Waals surface area contributed by atoms with Gasteiger partial charge in [0.2, 0.25) is 5.91 Å². The minimum Gasteiger partial charge on any atom is -0.495 e. The zero-order valence-corrected chi connectivity index (χ0v) is 26.3. The fourth-order valence-corrected chi connectivity index (χ4v) is 5.79. The third-order valence-electron chi connectivity index (χ3n) is 7.78. The fraction of sp³-hybridized carbons (Fsp3) is 0.355. The largest absolute Gasteiger partial charge is 0.495 e. The number of likely N-dealkylation sites (tertiary alicyclic amines) is 1. The van der Waals surface area contributed by atoms with Crippen molar-refractivity contribution < 1.29 is 19.1 Å². The molecule has 1 saturated heterocycles. The van der Waals surface area contributed by atoms with Gasteiger partial charge in [-0.3, -0.25) is 9.69 Å². The van der Waals surface area contributed by atoms with E-state index in [1.165, 1.54) is 26.6 Å². The second kappa shape index (κ2) is 13.7. The average Bonchev–Trinajstić information content (AvgIpc) is 3.86. The van der Waals surface area contributed by atoms with Gasteiger partial charge in [-0.05, 0) is 75.5 Å². The first-order chi connectivity index (χ1) is 21.2. The van der Waals surface area contributed by atoms with E-state index in [9.17, 15) is 9.59 Å². The van der Waals surface area contributed by atoms with E-state index in [4.69, 9.17) is 32.7 Å². The summed E-state index contributed by atoms with van der Waals surface area (Å²) in [6, 6.07) is 8.69. The van der Waals surface area contributed by atoms with Crippen LogP contribution in [0.15, 0.2) is 49.3 Å². The van der Waals surface area contributed by atoms with Gasteiger partial charge in [0.05, 0.1) is 31.3 Å². The predicted molar refractivity (Wildman–Crippen MR) is 174 cm³/mol. The van der Waals surface area contributed by atoms with Crippen LogP contribution in [0.4, 0.5) is 33.5 Å². The number of nitrogens with zero attached hydrogens (tertiary/aromatic N) is 4. The summed E-state index contributed by atoms with van der Waals surface area (Å²) in [5.74, 6) is 1.51. The first kappa shape index (κ1) is 31.4. The van der Waals surface area contributed by atoms with Crippen molar-refractivity contribution in [2.75, 3.05) is 55.2 Å². The summed E-state index contributed by atoms with van der Waals surface area (Å²) in [4.78, 5) is 38.6. The molecule has 3 amide bonds. The van der Waals surface area contributed by atoms with Crippen LogP contribution in [0.25, 0.3) is 0 Å². The van der Waals surface area contributed by atoms with Gasteiger partial charge in [-0.25, -0.2) is 14.8 Å². The molecule has 0 atom stereocenters. The number of carbonyl (C=O) groups is 2. The number of urea groups is 1. The smallest absolute Gasteiger partial charge is 0.327 e. The van der Waals surface area contributed by atoms with E-state index >= 15 is 0 Å². The Labute approximate surface area is 266 Å². The molecule has 0 spiro atoms. The van der Waals surface area contributed by atoms with E-state index in [-0.39, 0.29) is 27.7 Å². The van der Waals surface area contributed by atoms with Crippen molar-refractivity contribution in [3.05, 3.63) is 64.9 Å². The molecule has 2 aromatic carbocycles. The molecule has 3 aromatic rings. The zero-order chi connectivity index (χ0) is 31.4. The monoisotopic (exact) mass is 639 g/mol. The molecule has 1 aliphatic heterocycles. The van der Waals surface area contributed by atoms with E-state index < -0.39 is 6.03 Å². The van der Waals surface area contributed by atoms with Gasteiger partial charge in [-0.2, -0.15) is 0 Å². The van der Waals surface area contributed by atoms with Gasteiger partial charge >= 0.3 is 6.03 Å². The number of amides is 3. The highest BCUT2D eigenvalue weighted by Gasteiger charge is 2.36. The van der Waals surface area contributed by atoms with Crippen molar-refractivity contribution in [1.82, 2.24) is 14.9 Å². The molecule has 0 bridgehead atoms. The quantitative estimate of drug-likeness (QED) is 0.210. The average molecular weight is 641 g/mol. The van der Waals surface area contributed by atoms with Crippen molar-refractivity contribution in [3.63, 3.8) is 0 Å². The molecule has 3 N–H and O–H groups in total. The highest BCUT2D eigenvalue weighted by molar-refractivity contribution is 6.41. The first-order valence-electron chi connectivity index (χ1n) is 14.3. The molecule has 1 aromatic heterocycles. The van der Waals surface area contributed by atoms with Crippen LogP contribution in [0, 0.1) is 0 Å². The SMILES string of the molecule is C=CC(=O)Nc1cc(C2CCN(C)CC2)ccc1Nc1cc(N(C(=O)Nc2c(Cl)c(OC)cc(OC)c2Cl)C2CC2)ncn1.